The Labute approximate surface area is 131 Å². The first-order valence-corrected chi connectivity index (χ1v) is 8.98. The number of hydrogen-bond donors (Lipinski definition) is 1. The molecule has 0 bridgehead atoms. The van der Waals surface area contributed by atoms with Crippen molar-refractivity contribution < 1.29 is 0 Å². The van der Waals surface area contributed by atoms with Gasteiger partial charge in [0, 0.05) is 22.7 Å². The lowest BCUT2D eigenvalue weighted by Crippen LogP contribution is -2.20. The van der Waals surface area contributed by atoms with Gasteiger partial charge in [-0.25, -0.2) is 4.98 Å². The molecule has 2 nitrogen and oxygen atoms in total. The summed E-state index contributed by atoms with van der Waals surface area (Å²) in [6.07, 6.45) is 9.59. The Morgan fingerprint density at radius 2 is 1.67 bits per heavy atom. The maximum absolute atomic E-state index is 4.55. The van der Waals surface area contributed by atoms with E-state index in [-0.39, 0.29) is 0 Å². The topological polar surface area (TPSA) is 24.9 Å². The molecule has 0 atom stereocenters. The zero-order chi connectivity index (χ0) is 14.5. The van der Waals surface area contributed by atoms with Crippen molar-refractivity contribution in [3.05, 3.63) is 34.7 Å². The number of nitrogens with one attached hydrogen (secondary N) is 1. The van der Waals surface area contributed by atoms with Gasteiger partial charge in [-0.1, -0.05) is 44.2 Å². The third-order valence-corrected chi connectivity index (χ3v) is 5.05. The molecule has 1 N–H and O–H groups in total. The molecule has 3 rings (SSSR count). The van der Waals surface area contributed by atoms with Gasteiger partial charge in [0.2, 0.25) is 0 Å². The zero-order valence-electron chi connectivity index (χ0n) is 12.8. The summed E-state index contributed by atoms with van der Waals surface area (Å²) in [4.78, 5) is 4.55. The molecule has 0 aliphatic heterocycles. The van der Waals surface area contributed by atoms with Crippen LogP contribution in [0.4, 0.5) is 5.69 Å². The summed E-state index contributed by atoms with van der Waals surface area (Å²) in [5.74, 6) is 0. The van der Waals surface area contributed by atoms with Crippen molar-refractivity contribution in [2.24, 2.45) is 0 Å². The normalized spacial score (nSPS) is 17.2. The van der Waals surface area contributed by atoms with E-state index in [1.807, 2.05) is 0 Å². The summed E-state index contributed by atoms with van der Waals surface area (Å²) < 4.78 is 0. The molecule has 0 radical (unpaired) electrons. The average Bonchev–Trinajstić information content (AvgIpc) is 2.89. The number of hydrogen-bond acceptors (Lipinski definition) is 3. The Morgan fingerprint density at radius 3 is 2.29 bits per heavy atom. The number of thiazole rings is 1. The largest absolute Gasteiger partial charge is 0.382 e. The number of aromatic nitrogens is 1. The van der Waals surface area contributed by atoms with Crippen LogP contribution in [0, 0.1) is 6.92 Å². The van der Waals surface area contributed by atoms with Gasteiger partial charge in [-0.2, -0.15) is 0 Å². The molecule has 1 aromatic heterocycles. The predicted octanol–water partition coefficient (Wildman–Crippen LogP) is 5.64. The van der Waals surface area contributed by atoms with Crippen molar-refractivity contribution in [2.45, 2.75) is 57.9 Å². The molecule has 0 spiro atoms. The smallest absolute Gasteiger partial charge is 0.0901 e. The highest BCUT2D eigenvalue weighted by molar-refractivity contribution is 7.09. The van der Waals surface area contributed by atoms with E-state index in [9.17, 15) is 0 Å². The van der Waals surface area contributed by atoms with Gasteiger partial charge in [0.1, 0.15) is 0 Å². The van der Waals surface area contributed by atoms with Crippen molar-refractivity contribution in [3.8, 4) is 11.3 Å². The average molecular weight is 300 g/mol. The zero-order valence-corrected chi connectivity index (χ0v) is 13.6. The van der Waals surface area contributed by atoms with E-state index in [2.05, 4.69) is 46.9 Å². The molecule has 2 aromatic rings. The molecule has 1 aromatic carbocycles. The van der Waals surface area contributed by atoms with Crippen molar-refractivity contribution in [1.29, 1.82) is 0 Å². The maximum atomic E-state index is 4.55. The highest BCUT2D eigenvalue weighted by Crippen LogP contribution is 2.25. The molecular weight excluding hydrogens is 276 g/mol. The summed E-state index contributed by atoms with van der Waals surface area (Å²) in [6, 6.07) is 9.41. The lowest BCUT2D eigenvalue weighted by molar-refractivity contribution is 0.471. The number of nitrogens with zero attached hydrogens (tertiary/aromatic N) is 1. The van der Waals surface area contributed by atoms with Gasteiger partial charge >= 0.3 is 0 Å². The molecule has 21 heavy (non-hydrogen) atoms. The maximum Gasteiger partial charge on any atom is 0.0901 e. The van der Waals surface area contributed by atoms with Gasteiger partial charge in [0.25, 0.3) is 0 Å². The van der Waals surface area contributed by atoms with Crippen LogP contribution < -0.4 is 5.32 Å². The first kappa shape index (κ1) is 14.6. The van der Waals surface area contributed by atoms with Gasteiger partial charge in [-0.05, 0) is 31.9 Å². The minimum atomic E-state index is 0.651. The van der Waals surface area contributed by atoms with Crippen LogP contribution in [0.25, 0.3) is 11.3 Å². The van der Waals surface area contributed by atoms with Crippen LogP contribution >= 0.6 is 11.3 Å². The minimum absolute atomic E-state index is 0.651. The quantitative estimate of drug-likeness (QED) is 0.793. The molecular formula is C18H24N2S. The Bertz CT molecular complexity index is 551. The number of rotatable bonds is 3. The van der Waals surface area contributed by atoms with Crippen LogP contribution in [-0.2, 0) is 0 Å². The molecule has 112 valence electrons. The first-order valence-electron chi connectivity index (χ1n) is 8.10. The highest BCUT2D eigenvalue weighted by atomic mass is 32.1. The molecule has 0 amide bonds. The van der Waals surface area contributed by atoms with Crippen LogP contribution in [-0.4, -0.2) is 11.0 Å². The van der Waals surface area contributed by atoms with E-state index in [4.69, 9.17) is 0 Å². The summed E-state index contributed by atoms with van der Waals surface area (Å²) in [5.41, 5.74) is 3.55. The van der Waals surface area contributed by atoms with E-state index in [1.54, 1.807) is 11.3 Å². The number of anilines is 1. The molecule has 1 aliphatic rings. The predicted molar refractivity (Wildman–Crippen MR) is 92.0 cm³/mol. The Balaban J connectivity index is 1.63. The number of aryl methyl sites for hydroxylation is 1. The van der Waals surface area contributed by atoms with Crippen LogP contribution in [0.1, 0.15) is 50.0 Å². The van der Waals surface area contributed by atoms with Crippen molar-refractivity contribution in [3.63, 3.8) is 0 Å². The van der Waals surface area contributed by atoms with Crippen LogP contribution in [0.3, 0.4) is 0 Å². The Hall–Kier alpha value is -1.35. The monoisotopic (exact) mass is 300 g/mol. The second-order valence-electron chi connectivity index (χ2n) is 6.02. The van der Waals surface area contributed by atoms with Gasteiger partial charge < -0.3 is 5.32 Å². The van der Waals surface area contributed by atoms with Crippen LogP contribution in [0.2, 0.25) is 0 Å². The molecule has 0 unspecified atom stereocenters. The van der Waals surface area contributed by atoms with Gasteiger partial charge in [0.05, 0.1) is 10.7 Å². The fraction of sp³-hybridized carbons (Fsp3) is 0.500. The second-order valence-corrected chi connectivity index (χ2v) is 7.08. The fourth-order valence-corrected chi connectivity index (χ4v) is 3.69. The number of benzene rings is 1. The third kappa shape index (κ3) is 4.07. The van der Waals surface area contributed by atoms with Gasteiger partial charge in [0.15, 0.2) is 0 Å². The lowest BCUT2D eigenvalue weighted by Gasteiger charge is -2.22. The van der Waals surface area contributed by atoms with Crippen LogP contribution in [0.15, 0.2) is 29.6 Å². The Morgan fingerprint density at radius 1 is 1.00 bits per heavy atom. The Kier molecular flexibility index (Phi) is 4.91. The fourth-order valence-electron chi connectivity index (χ4n) is 3.07. The summed E-state index contributed by atoms with van der Waals surface area (Å²) in [5, 5.41) is 6.97. The molecule has 0 saturated heterocycles. The van der Waals surface area contributed by atoms with Crippen molar-refractivity contribution in [1.82, 2.24) is 4.98 Å². The molecule has 3 heteroatoms. The second kappa shape index (κ2) is 7.08. The molecule has 1 heterocycles. The van der Waals surface area contributed by atoms with E-state index in [1.165, 1.54) is 56.2 Å². The lowest BCUT2D eigenvalue weighted by atomic mass is 9.96. The summed E-state index contributed by atoms with van der Waals surface area (Å²) in [7, 11) is 0. The van der Waals surface area contributed by atoms with Crippen molar-refractivity contribution in [2.75, 3.05) is 5.32 Å². The van der Waals surface area contributed by atoms with E-state index in [0.29, 0.717) is 6.04 Å². The van der Waals surface area contributed by atoms with Gasteiger partial charge in [-0.15, -0.1) is 11.3 Å². The highest BCUT2D eigenvalue weighted by Gasteiger charge is 2.11. The summed E-state index contributed by atoms with van der Waals surface area (Å²) in [6.45, 7) is 2.05. The van der Waals surface area contributed by atoms with E-state index < -0.39 is 0 Å². The third-order valence-electron chi connectivity index (χ3n) is 4.28. The molecule has 1 saturated carbocycles. The minimum Gasteiger partial charge on any atom is -0.382 e. The first-order chi connectivity index (χ1) is 10.3. The molecule has 1 fully saturated rings. The van der Waals surface area contributed by atoms with E-state index in [0.717, 1.165) is 10.7 Å². The standard InChI is InChI=1S/C18H24N2S/c1-14-19-18(13-21-14)15-9-11-17(12-10-15)20-16-7-5-3-2-4-6-8-16/h9-13,16,20H,2-8H2,1H3. The SMILES string of the molecule is Cc1nc(-c2ccc(NC3CCCCCCC3)cc2)cs1. The van der Waals surface area contributed by atoms with Gasteiger partial charge in [-0.3, -0.25) is 0 Å². The molecule has 1 aliphatic carbocycles. The summed E-state index contributed by atoms with van der Waals surface area (Å²) >= 11 is 1.71. The van der Waals surface area contributed by atoms with Crippen LogP contribution in [0.5, 0.6) is 0 Å². The van der Waals surface area contributed by atoms with E-state index >= 15 is 0 Å². The van der Waals surface area contributed by atoms with Crippen molar-refractivity contribution >= 4 is 17.0 Å².